The fourth-order valence-electron chi connectivity index (χ4n) is 2.98. The van der Waals surface area contributed by atoms with Gasteiger partial charge in [0.25, 0.3) is 0 Å². The van der Waals surface area contributed by atoms with E-state index in [0.717, 1.165) is 52.0 Å². The van der Waals surface area contributed by atoms with Crippen LogP contribution in [0.15, 0.2) is 11.8 Å². The minimum absolute atomic E-state index is 0.138. The predicted molar refractivity (Wildman–Crippen MR) is 70.5 cm³/mol. The number of methoxy groups -OCH3 is 1. The second-order valence-corrected chi connectivity index (χ2v) is 5.04. The van der Waals surface area contributed by atoms with Gasteiger partial charge in [0.1, 0.15) is 0 Å². The molecule has 104 valence electrons. The van der Waals surface area contributed by atoms with Crippen molar-refractivity contribution in [3.63, 3.8) is 0 Å². The van der Waals surface area contributed by atoms with Gasteiger partial charge in [0.2, 0.25) is 0 Å². The smallest absolute Gasteiger partial charge is 0.0914 e. The van der Waals surface area contributed by atoms with Crippen molar-refractivity contribution >= 4 is 0 Å². The summed E-state index contributed by atoms with van der Waals surface area (Å²) >= 11 is 0. The van der Waals surface area contributed by atoms with Crippen LogP contribution in [0.4, 0.5) is 0 Å². The van der Waals surface area contributed by atoms with Gasteiger partial charge in [-0.25, -0.2) is 0 Å². The van der Waals surface area contributed by atoms with Crippen LogP contribution in [0.1, 0.15) is 32.6 Å². The highest BCUT2D eigenvalue weighted by atomic mass is 16.5. The largest absolute Gasteiger partial charge is 0.501 e. The van der Waals surface area contributed by atoms with Crippen LogP contribution >= 0.6 is 0 Å². The first-order chi connectivity index (χ1) is 8.82. The fraction of sp³-hybridized carbons (Fsp3) is 0.857. The zero-order valence-corrected chi connectivity index (χ0v) is 11.5. The Morgan fingerprint density at radius 1 is 1.39 bits per heavy atom. The quantitative estimate of drug-likeness (QED) is 0.814. The molecule has 0 spiro atoms. The minimum Gasteiger partial charge on any atom is -0.501 e. The zero-order chi connectivity index (χ0) is 12.8. The first kappa shape index (κ1) is 13.8. The summed E-state index contributed by atoms with van der Waals surface area (Å²) in [5.74, 6) is 0. The molecule has 0 radical (unpaired) electrons. The molecule has 18 heavy (non-hydrogen) atoms. The Morgan fingerprint density at radius 3 is 2.72 bits per heavy atom. The van der Waals surface area contributed by atoms with Gasteiger partial charge < -0.3 is 19.5 Å². The molecule has 0 aromatic carbocycles. The molecule has 4 nitrogen and oxygen atoms in total. The van der Waals surface area contributed by atoms with E-state index >= 15 is 0 Å². The summed E-state index contributed by atoms with van der Waals surface area (Å²) in [6.45, 7) is 5.48. The normalized spacial score (nSPS) is 25.1. The van der Waals surface area contributed by atoms with Gasteiger partial charge in [-0.3, -0.25) is 0 Å². The number of nitrogens with one attached hydrogen (secondary N) is 1. The molecule has 1 fully saturated rings. The van der Waals surface area contributed by atoms with Crippen LogP contribution in [-0.4, -0.2) is 45.1 Å². The molecular weight excluding hydrogens is 230 g/mol. The van der Waals surface area contributed by atoms with E-state index in [0.29, 0.717) is 0 Å². The molecule has 2 rings (SSSR count). The van der Waals surface area contributed by atoms with Crippen molar-refractivity contribution < 1.29 is 14.2 Å². The molecule has 0 bridgehead atoms. The average Bonchev–Trinajstić information content (AvgIpc) is 2.46. The second-order valence-electron chi connectivity index (χ2n) is 5.04. The molecule has 2 heterocycles. The van der Waals surface area contributed by atoms with Gasteiger partial charge in [0.15, 0.2) is 0 Å². The third-order valence-corrected chi connectivity index (χ3v) is 4.01. The van der Waals surface area contributed by atoms with Gasteiger partial charge >= 0.3 is 0 Å². The lowest BCUT2D eigenvalue weighted by Crippen LogP contribution is -2.56. The summed E-state index contributed by atoms with van der Waals surface area (Å²) in [4.78, 5) is 0. The Bertz CT molecular complexity index is 285. The Balaban J connectivity index is 2.18. The molecule has 0 aromatic rings. The maximum atomic E-state index is 5.91. The Labute approximate surface area is 110 Å². The average molecular weight is 255 g/mol. The third kappa shape index (κ3) is 2.87. The highest BCUT2D eigenvalue weighted by Gasteiger charge is 2.42. The summed E-state index contributed by atoms with van der Waals surface area (Å²) in [6.07, 6.45) is 6.03. The molecule has 0 saturated carbocycles. The predicted octanol–water partition coefficient (Wildman–Crippen LogP) is 1.85. The second kappa shape index (κ2) is 6.55. The molecule has 1 atom stereocenters. The fourth-order valence-corrected chi connectivity index (χ4v) is 2.98. The van der Waals surface area contributed by atoms with Crippen molar-refractivity contribution in [1.29, 1.82) is 0 Å². The van der Waals surface area contributed by atoms with Gasteiger partial charge in [-0.1, -0.05) is 6.92 Å². The minimum atomic E-state index is -0.138. The Morgan fingerprint density at radius 2 is 2.17 bits per heavy atom. The Hall–Kier alpha value is -0.580. The van der Waals surface area contributed by atoms with E-state index < -0.39 is 0 Å². The maximum Gasteiger partial charge on any atom is 0.0914 e. The van der Waals surface area contributed by atoms with Crippen LogP contribution in [-0.2, 0) is 14.2 Å². The molecule has 1 N–H and O–H groups in total. The van der Waals surface area contributed by atoms with Gasteiger partial charge in [0, 0.05) is 33.2 Å². The van der Waals surface area contributed by atoms with Gasteiger partial charge in [-0.2, -0.15) is 0 Å². The third-order valence-electron chi connectivity index (χ3n) is 4.01. The van der Waals surface area contributed by atoms with Crippen LogP contribution in [0, 0.1) is 0 Å². The summed E-state index contributed by atoms with van der Waals surface area (Å²) in [5.41, 5.74) is 1.20. The first-order valence-electron chi connectivity index (χ1n) is 6.99. The van der Waals surface area contributed by atoms with E-state index in [9.17, 15) is 0 Å². The van der Waals surface area contributed by atoms with Crippen molar-refractivity contribution in [2.24, 2.45) is 0 Å². The summed E-state index contributed by atoms with van der Waals surface area (Å²) in [6, 6.07) is 0.247. The van der Waals surface area contributed by atoms with E-state index in [-0.39, 0.29) is 11.6 Å². The summed E-state index contributed by atoms with van der Waals surface area (Å²) in [5, 5.41) is 3.58. The van der Waals surface area contributed by atoms with Crippen LogP contribution in [0.5, 0.6) is 0 Å². The number of hydrogen-bond donors (Lipinski definition) is 1. The van der Waals surface area contributed by atoms with Crippen LogP contribution < -0.4 is 5.32 Å². The van der Waals surface area contributed by atoms with E-state index in [1.165, 1.54) is 5.57 Å². The molecular formula is C14H25NO3. The van der Waals surface area contributed by atoms with E-state index in [1.54, 1.807) is 0 Å². The zero-order valence-electron chi connectivity index (χ0n) is 11.5. The topological polar surface area (TPSA) is 39.7 Å². The molecule has 4 heteroatoms. The SMILES string of the molecule is CCNC(C1=COCCC1)C1(OC)CCOCC1. The van der Waals surface area contributed by atoms with Crippen LogP contribution in [0.25, 0.3) is 0 Å². The molecule has 2 aliphatic rings. The highest BCUT2D eigenvalue weighted by molar-refractivity contribution is 5.18. The van der Waals surface area contributed by atoms with Crippen molar-refractivity contribution in [2.45, 2.75) is 44.2 Å². The lowest BCUT2D eigenvalue weighted by atomic mass is 9.80. The number of hydrogen-bond acceptors (Lipinski definition) is 4. The highest BCUT2D eigenvalue weighted by Crippen LogP contribution is 2.34. The molecule has 0 amide bonds. The van der Waals surface area contributed by atoms with Crippen molar-refractivity contribution in [1.82, 2.24) is 5.32 Å². The maximum absolute atomic E-state index is 5.91. The van der Waals surface area contributed by atoms with Crippen molar-refractivity contribution in [3.8, 4) is 0 Å². The van der Waals surface area contributed by atoms with Crippen LogP contribution in [0.2, 0.25) is 0 Å². The lowest BCUT2D eigenvalue weighted by Gasteiger charge is -2.44. The van der Waals surface area contributed by atoms with E-state index in [4.69, 9.17) is 14.2 Å². The summed E-state index contributed by atoms with van der Waals surface area (Å²) in [7, 11) is 1.82. The standard InChI is InChI=1S/C14H25NO3/c1-3-15-13(12-5-4-8-18-11-12)14(16-2)6-9-17-10-7-14/h11,13,15H,3-10H2,1-2H3. The van der Waals surface area contributed by atoms with Gasteiger partial charge in [0.05, 0.1) is 24.5 Å². The van der Waals surface area contributed by atoms with Crippen molar-refractivity contribution in [2.75, 3.05) is 33.5 Å². The molecule has 0 aliphatic carbocycles. The van der Waals surface area contributed by atoms with Gasteiger partial charge in [-0.15, -0.1) is 0 Å². The summed E-state index contributed by atoms with van der Waals surface area (Å²) < 4.78 is 16.9. The molecule has 2 aliphatic heterocycles. The van der Waals surface area contributed by atoms with Crippen molar-refractivity contribution in [3.05, 3.63) is 11.8 Å². The number of ether oxygens (including phenoxy) is 3. The first-order valence-corrected chi connectivity index (χ1v) is 6.99. The van der Waals surface area contributed by atoms with E-state index in [2.05, 4.69) is 12.2 Å². The number of rotatable bonds is 5. The molecule has 1 saturated heterocycles. The monoisotopic (exact) mass is 255 g/mol. The Kier molecular flexibility index (Phi) is 5.03. The van der Waals surface area contributed by atoms with E-state index in [1.807, 2.05) is 13.4 Å². The van der Waals surface area contributed by atoms with Crippen LogP contribution in [0.3, 0.4) is 0 Å². The number of likely N-dealkylation sites (N-methyl/N-ethyl adjacent to an activating group) is 1. The van der Waals surface area contributed by atoms with Gasteiger partial charge in [-0.05, 0) is 25.0 Å². The molecule has 0 aromatic heterocycles. The molecule has 1 unspecified atom stereocenters. The lowest BCUT2D eigenvalue weighted by molar-refractivity contribution is -0.104.